The number of aromatic nitrogens is 4. The molecule has 4 aromatic rings. The summed E-state index contributed by atoms with van der Waals surface area (Å²) in [6.45, 7) is 1.88. The van der Waals surface area contributed by atoms with E-state index in [4.69, 9.17) is 16.3 Å². The SMILES string of the molecule is COc1ccncc1-c1ccnc(NC(C)c2cc3cc(Cl)ccc3[nH]c2=O)n1. The van der Waals surface area contributed by atoms with Crippen LogP contribution < -0.4 is 15.6 Å². The number of methoxy groups -OCH3 is 1. The van der Waals surface area contributed by atoms with Crippen LogP contribution in [-0.4, -0.2) is 27.0 Å². The second-order valence-corrected chi connectivity index (χ2v) is 6.93. The highest BCUT2D eigenvalue weighted by molar-refractivity contribution is 6.31. The zero-order valence-electron chi connectivity index (χ0n) is 15.8. The summed E-state index contributed by atoms with van der Waals surface area (Å²) >= 11 is 6.08. The topological polar surface area (TPSA) is 92.8 Å². The summed E-state index contributed by atoms with van der Waals surface area (Å²) in [7, 11) is 1.60. The van der Waals surface area contributed by atoms with E-state index >= 15 is 0 Å². The zero-order valence-corrected chi connectivity index (χ0v) is 16.6. The fourth-order valence-corrected chi connectivity index (χ4v) is 3.30. The molecule has 2 N–H and O–H groups in total. The molecule has 0 aliphatic carbocycles. The standard InChI is InChI=1S/C21H18ClN5O2/c1-12(15-10-13-9-14(22)3-4-17(13)26-20(15)28)25-21-24-8-5-18(27-21)16-11-23-7-6-19(16)29-2/h3-12H,1-2H3,(H,26,28)(H,24,25,27). The third-order valence-corrected chi connectivity index (χ3v) is 4.81. The van der Waals surface area contributed by atoms with Crippen LogP contribution in [0.25, 0.3) is 22.2 Å². The minimum absolute atomic E-state index is 0.176. The molecule has 7 nitrogen and oxygen atoms in total. The van der Waals surface area contributed by atoms with Crippen molar-refractivity contribution >= 4 is 28.5 Å². The van der Waals surface area contributed by atoms with E-state index in [1.54, 1.807) is 50.0 Å². The van der Waals surface area contributed by atoms with Crippen molar-refractivity contribution in [2.24, 2.45) is 0 Å². The number of nitrogens with zero attached hydrogens (tertiary/aromatic N) is 3. The molecule has 3 aromatic heterocycles. The van der Waals surface area contributed by atoms with Gasteiger partial charge in [-0.3, -0.25) is 9.78 Å². The lowest BCUT2D eigenvalue weighted by Crippen LogP contribution is -2.20. The molecular weight excluding hydrogens is 390 g/mol. The van der Waals surface area contributed by atoms with Crippen LogP contribution in [0, 0.1) is 0 Å². The van der Waals surface area contributed by atoms with Crippen LogP contribution in [-0.2, 0) is 0 Å². The van der Waals surface area contributed by atoms with Crippen molar-refractivity contribution in [3.8, 4) is 17.0 Å². The number of hydrogen-bond acceptors (Lipinski definition) is 6. The summed E-state index contributed by atoms with van der Waals surface area (Å²) < 4.78 is 5.38. The van der Waals surface area contributed by atoms with Gasteiger partial charge in [-0.1, -0.05) is 11.6 Å². The van der Waals surface area contributed by atoms with Crippen molar-refractivity contribution in [2.75, 3.05) is 12.4 Å². The minimum atomic E-state index is -0.326. The van der Waals surface area contributed by atoms with Crippen molar-refractivity contribution in [1.29, 1.82) is 0 Å². The van der Waals surface area contributed by atoms with Crippen LogP contribution in [0.1, 0.15) is 18.5 Å². The molecule has 4 rings (SSSR count). The van der Waals surface area contributed by atoms with Crippen LogP contribution in [0.5, 0.6) is 5.75 Å². The Kier molecular flexibility index (Phi) is 5.14. The normalized spacial score (nSPS) is 12.0. The average Bonchev–Trinajstić information content (AvgIpc) is 2.73. The van der Waals surface area contributed by atoms with Gasteiger partial charge < -0.3 is 15.0 Å². The van der Waals surface area contributed by atoms with Gasteiger partial charge in [-0.2, -0.15) is 0 Å². The number of H-pyrrole nitrogens is 1. The summed E-state index contributed by atoms with van der Waals surface area (Å²) in [5, 5.41) is 4.66. The van der Waals surface area contributed by atoms with Gasteiger partial charge in [0, 0.05) is 40.1 Å². The van der Waals surface area contributed by atoms with Crippen LogP contribution in [0.2, 0.25) is 5.02 Å². The monoisotopic (exact) mass is 407 g/mol. The summed E-state index contributed by atoms with van der Waals surface area (Å²) in [4.78, 5) is 28.4. The Balaban J connectivity index is 1.65. The van der Waals surface area contributed by atoms with Crippen molar-refractivity contribution in [3.63, 3.8) is 0 Å². The molecule has 3 heterocycles. The van der Waals surface area contributed by atoms with E-state index in [2.05, 4.69) is 25.3 Å². The second-order valence-electron chi connectivity index (χ2n) is 6.49. The lowest BCUT2D eigenvalue weighted by molar-refractivity contribution is 0.416. The summed E-state index contributed by atoms with van der Waals surface area (Å²) in [5.41, 5.74) is 2.54. The maximum Gasteiger partial charge on any atom is 0.253 e. The van der Waals surface area contributed by atoms with E-state index in [9.17, 15) is 4.79 Å². The van der Waals surface area contributed by atoms with Gasteiger partial charge in [-0.25, -0.2) is 9.97 Å². The largest absolute Gasteiger partial charge is 0.496 e. The minimum Gasteiger partial charge on any atom is -0.496 e. The van der Waals surface area contributed by atoms with E-state index in [-0.39, 0.29) is 11.6 Å². The Morgan fingerprint density at radius 3 is 2.86 bits per heavy atom. The number of benzene rings is 1. The smallest absolute Gasteiger partial charge is 0.253 e. The van der Waals surface area contributed by atoms with Gasteiger partial charge in [0.1, 0.15) is 5.75 Å². The maximum absolute atomic E-state index is 12.5. The number of halogens is 1. The molecule has 0 aliphatic heterocycles. The second kappa shape index (κ2) is 7.89. The molecule has 0 fully saturated rings. The van der Waals surface area contributed by atoms with Gasteiger partial charge in [0.25, 0.3) is 5.56 Å². The first-order chi connectivity index (χ1) is 14.0. The Hall–Kier alpha value is -3.45. The lowest BCUT2D eigenvalue weighted by Gasteiger charge is -2.15. The van der Waals surface area contributed by atoms with E-state index < -0.39 is 0 Å². The molecule has 8 heteroatoms. The predicted molar refractivity (Wildman–Crippen MR) is 113 cm³/mol. The number of fused-ring (bicyclic) bond motifs is 1. The van der Waals surface area contributed by atoms with E-state index in [0.717, 1.165) is 16.5 Å². The maximum atomic E-state index is 12.5. The summed E-state index contributed by atoms with van der Waals surface area (Å²) in [5.74, 6) is 1.06. The molecule has 0 aliphatic rings. The van der Waals surface area contributed by atoms with E-state index in [0.29, 0.717) is 28.0 Å². The van der Waals surface area contributed by atoms with Crippen LogP contribution in [0.3, 0.4) is 0 Å². The third-order valence-electron chi connectivity index (χ3n) is 4.58. The molecule has 1 unspecified atom stereocenters. The first-order valence-electron chi connectivity index (χ1n) is 8.95. The molecule has 146 valence electrons. The van der Waals surface area contributed by atoms with Gasteiger partial charge >= 0.3 is 0 Å². The predicted octanol–water partition coefficient (Wildman–Crippen LogP) is 4.22. The molecule has 29 heavy (non-hydrogen) atoms. The number of nitrogens with one attached hydrogen (secondary N) is 2. The molecular formula is C21H18ClN5O2. The highest BCUT2D eigenvalue weighted by Gasteiger charge is 2.14. The fourth-order valence-electron chi connectivity index (χ4n) is 3.12. The molecule has 0 spiro atoms. The number of rotatable bonds is 5. The number of anilines is 1. The van der Waals surface area contributed by atoms with Crippen molar-refractivity contribution in [2.45, 2.75) is 13.0 Å². The molecule has 0 radical (unpaired) electrons. The Bertz CT molecular complexity index is 1240. The average molecular weight is 408 g/mol. The lowest BCUT2D eigenvalue weighted by atomic mass is 10.1. The van der Waals surface area contributed by atoms with Crippen LogP contribution in [0.4, 0.5) is 5.95 Å². The van der Waals surface area contributed by atoms with E-state index in [1.807, 2.05) is 19.1 Å². The third kappa shape index (κ3) is 3.90. The number of ether oxygens (including phenoxy) is 1. The quantitative estimate of drug-likeness (QED) is 0.514. The molecule has 0 amide bonds. The number of aromatic amines is 1. The van der Waals surface area contributed by atoms with Gasteiger partial charge in [-0.05, 0) is 43.3 Å². The highest BCUT2D eigenvalue weighted by atomic mass is 35.5. The highest BCUT2D eigenvalue weighted by Crippen LogP contribution is 2.28. The molecule has 0 saturated carbocycles. The number of pyridine rings is 2. The Labute approximate surface area is 171 Å². The van der Waals surface area contributed by atoms with Crippen LogP contribution in [0.15, 0.2) is 59.8 Å². The summed E-state index contributed by atoms with van der Waals surface area (Å²) in [6.07, 6.45) is 4.99. The van der Waals surface area contributed by atoms with Crippen LogP contribution >= 0.6 is 11.6 Å². The van der Waals surface area contributed by atoms with Gasteiger partial charge in [0.2, 0.25) is 5.95 Å². The molecule has 1 atom stereocenters. The molecule has 0 bridgehead atoms. The first kappa shape index (κ1) is 18.9. The van der Waals surface area contributed by atoms with Crippen molar-refractivity contribution < 1.29 is 4.74 Å². The molecule has 1 aromatic carbocycles. The Morgan fingerprint density at radius 2 is 2.03 bits per heavy atom. The number of hydrogen-bond donors (Lipinski definition) is 2. The summed E-state index contributed by atoms with van der Waals surface area (Å²) in [6, 6.07) is 10.4. The van der Waals surface area contributed by atoms with Crippen molar-refractivity contribution in [1.82, 2.24) is 19.9 Å². The van der Waals surface area contributed by atoms with Gasteiger partial charge in [0.05, 0.1) is 24.4 Å². The zero-order chi connectivity index (χ0) is 20.4. The fraction of sp³-hybridized carbons (Fsp3) is 0.143. The van der Waals surface area contributed by atoms with E-state index in [1.165, 1.54) is 0 Å². The van der Waals surface area contributed by atoms with Crippen molar-refractivity contribution in [3.05, 3.63) is 75.9 Å². The van der Waals surface area contributed by atoms with Gasteiger partial charge in [0.15, 0.2) is 0 Å². The first-order valence-corrected chi connectivity index (χ1v) is 9.33. The Morgan fingerprint density at radius 1 is 1.17 bits per heavy atom. The molecule has 0 saturated heterocycles. The van der Waals surface area contributed by atoms with Gasteiger partial charge in [-0.15, -0.1) is 0 Å².